The molecule has 0 saturated carbocycles. The van der Waals surface area contributed by atoms with Gasteiger partial charge in [-0.3, -0.25) is 4.68 Å². The van der Waals surface area contributed by atoms with Gasteiger partial charge in [0.1, 0.15) is 17.3 Å². The Bertz CT molecular complexity index is 683. The second kappa shape index (κ2) is 5.09. The number of anilines is 1. The van der Waals surface area contributed by atoms with Crippen LogP contribution in [0.1, 0.15) is 0 Å². The van der Waals surface area contributed by atoms with Gasteiger partial charge in [0, 0.05) is 18.7 Å². The number of para-hydroxylation sites is 1. The van der Waals surface area contributed by atoms with E-state index < -0.39 is 0 Å². The lowest BCUT2D eigenvalue weighted by Gasteiger charge is -2.05. The van der Waals surface area contributed by atoms with Crippen LogP contribution in [0, 0.1) is 0 Å². The molecule has 0 bridgehead atoms. The van der Waals surface area contributed by atoms with E-state index in [0.717, 1.165) is 22.8 Å². The Morgan fingerprint density at radius 2 is 1.60 bits per heavy atom. The minimum atomic E-state index is 0.643. The summed E-state index contributed by atoms with van der Waals surface area (Å²) in [7, 11) is 1.83. The molecular weight excluding hydrogens is 250 g/mol. The first-order chi connectivity index (χ1) is 9.72. The second-order valence-corrected chi connectivity index (χ2v) is 4.52. The van der Waals surface area contributed by atoms with Crippen LogP contribution in [0.15, 0.2) is 60.7 Å². The first-order valence-electron chi connectivity index (χ1n) is 6.35. The lowest BCUT2D eigenvalue weighted by molar-refractivity contribution is 0.483. The summed E-state index contributed by atoms with van der Waals surface area (Å²) in [5.41, 5.74) is 7.66. The van der Waals surface area contributed by atoms with Crippen molar-refractivity contribution in [2.24, 2.45) is 7.05 Å². The number of hydrogen-bond donors (Lipinski definition) is 1. The van der Waals surface area contributed by atoms with Crippen molar-refractivity contribution < 1.29 is 4.74 Å². The van der Waals surface area contributed by atoms with Crippen molar-refractivity contribution in [3.8, 4) is 22.8 Å². The van der Waals surface area contributed by atoms with Gasteiger partial charge in [-0.15, -0.1) is 0 Å². The summed E-state index contributed by atoms with van der Waals surface area (Å²) in [6, 6.07) is 19.3. The van der Waals surface area contributed by atoms with Gasteiger partial charge in [-0.1, -0.05) is 18.2 Å². The molecule has 0 aliphatic carbocycles. The number of nitrogens with two attached hydrogens (primary N) is 1. The molecule has 2 N–H and O–H groups in total. The highest BCUT2D eigenvalue weighted by Crippen LogP contribution is 2.25. The summed E-state index contributed by atoms with van der Waals surface area (Å²) >= 11 is 0. The van der Waals surface area contributed by atoms with Gasteiger partial charge in [0.05, 0.1) is 5.69 Å². The summed E-state index contributed by atoms with van der Waals surface area (Å²) < 4.78 is 7.40. The zero-order valence-electron chi connectivity index (χ0n) is 11.2. The van der Waals surface area contributed by atoms with Gasteiger partial charge in [0.25, 0.3) is 0 Å². The van der Waals surface area contributed by atoms with Crippen LogP contribution in [-0.4, -0.2) is 9.78 Å². The van der Waals surface area contributed by atoms with E-state index in [0.29, 0.717) is 5.82 Å². The molecule has 0 aliphatic rings. The van der Waals surface area contributed by atoms with E-state index >= 15 is 0 Å². The van der Waals surface area contributed by atoms with Crippen molar-refractivity contribution in [1.82, 2.24) is 9.78 Å². The fourth-order valence-corrected chi connectivity index (χ4v) is 1.94. The smallest absolute Gasteiger partial charge is 0.127 e. The third kappa shape index (κ3) is 2.49. The standard InChI is InChI=1S/C16H15N3O/c1-19-16(17)11-15(18-19)12-7-9-14(10-8-12)20-13-5-3-2-4-6-13/h2-11H,17H2,1H3. The summed E-state index contributed by atoms with van der Waals surface area (Å²) in [4.78, 5) is 0. The molecule has 0 aliphatic heterocycles. The van der Waals surface area contributed by atoms with Crippen molar-refractivity contribution in [1.29, 1.82) is 0 Å². The largest absolute Gasteiger partial charge is 0.457 e. The predicted octanol–water partition coefficient (Wildman–Crippen LogP) is 3.46. The molecule has 0 atom stereocenters. The Hall–Kier alpha value is -2.75. The summed E-state index contributed by atoms with van der Waals surface area (Å²) in [6.45, 7) is 0. The van der Waals surface area contributed by atoms with Gasteiger partial charge in [-0.25, -0.2) is 0 Å². The number of nitrogen functional groups attached to an aromatic ring is 1. The van der Waals surface area contributed by atoms with Gasteiger partial charge in [0.15, 0.2) is 0 Å². The minimum Gasteiger partial charge on any atom is -0.457 e. The van der Waals surface area contributed by atoms with Crippen molar-refractivity contribution in [3.05, 3.63) is 60.7 Å². The Kier molecular flexibility index (Phi) is 3.13. The van der Waals surface area contributed by atoms with Crippen LogP contribution in [0.5, 0.6) is 11.5 Å². The van der Waals surface area contributed by atoms with Crippen molar-refractivity contribution >= 4 is 5.82 Å². The molecule has 0 saturated heterocycles. The molecule has 3 rings (SSSR count). The molecule has 0 spiro atoms. The highest BCUT2D eigenvalue weighted by molar-refractivity contribution is 5.63. The average Bonchev–Trinajstić information content (AvgIpc) is 2.81. The highest BCUT2D eigenvalue weighted by atomic mass is 16.5. The first kappa shape index (κ1) is 12.3. The Morgan fingerprint density at radius 3 is 2.20 bits per heavy atom. The maximum Gasteiger partial charge on any atom is 0.127 e. The molecule has 4 heteroatoms. The van der Waals surface area contributed by atoms with Crippen molar-refractivity contribution in [3.63, 3.8) is 0 Å². The maximum atomic E-state index is 5.79. The van der Waals surface area contributed by atoms with Gasteiger partial charge in [-0.2, -0.15) is 5.10 Å². The molecule has 0 radical (unpaired) electrons. The number of hydrogen-bond acceptors (Lipinski definition) is 3. The zero-order chi connectivity index (χ0) is 13.9. The third-order valence-corrected chi connectivity index (χ3v) is 3.04. The third-order valence-electron chi connectivity index (χ3n) is 3.04. The number of benzene rings is 2. The molecule has 3 aromatic rings. The van der Waals surface area contributed by atoms with E-state index in [2.05, 4.69) is 5.10 Å². The lowest BCUT2D eigenvalue weighted by Crippen LogP contribution is -1.96. The van der Waals surface area contributed by atoms with E-state index in [1.807, 2.05) is 67.7 Å². The normalized spacial score (nSPS) is 10.4. The van der Waals surface area contributed by atoms with Crippen LogP contribution in [0.25, 0.3) is 11.3 Å². The quantitative estimate of drug-likeness (QED) is 0.789. The SMILES string of the molecule is Cn1nc(-c2ccc(Oc3ccccc3)cc2)cc1N. The molecule has 0 amide bonds. The first-order valence-corrected chi connectivity index (χ1v) is 6.35. The molecule has 1 heterocycles. The molecule has 0 unspecified atom stereocenters. The van der Waals surface area contributed by atoms with E-state index in [1.54, 1.807) is 4.68 Å². The van der Waals surface area contributed by atoms with E-state index in [4.69, 9.17) is 10.5 Å². The van der Waals surface area contributed by atoms with Gasteiger partial charge in [-0.05, 0) is 36.4 Å². The molecule has 20 heavy (non-hydrogen) atoms. The zero-order valence-corrected chi connectivity index (χ0v) is 11.2. The second-order valence-electron chi connectivity index (χ2n) is 4.52. The number of ether oxygens (including phenoxy) is 1. The van der Waals surface area contributed by atoms with Crippen LogP contribution >= 0.6 is 0 Å². The van der Waals surface area contributed by atoms with Crippen LogP contribution in [0.3, 0.4) is 0 Å². The molecule has 4 nitrogen and oxygen atoms in total. The minimum absolute atomic E-state index is 0.643. The number of aryl methyl sites for hydroxylation is 1. The lowest BCUT2D eigenvalue weighted by atomic mass is 10.1. The summed E-state index contributed by atoms with van der Waals surface area (Å²) in [5, 5.41) is 4.34. The molecular formula is C16H15N3O. The van der Waals surface area contributed by atoms with Crippen LogP contribution < -0.4 is 10.5 Å². The summed E-state index contributed by atoms with van der Waals surface area (Å²) in [5.74, 6) is 2.26. The van der Waals surface area contributed by atoms with E-state index in [1.165, 1.54) is 0 Å². The van der Waals surface area contributed by atoms with E-state index in [-0.39, 0.29) is 0 Å². The van der Waals surface area contributed by atoms with Gasteiger partial charge in [0.2, 0.25) is 0 Å². The highest BCUT2D eigenvalue weighted by Gasteiger charge is 2.05. The Balaban J connectivity index is 1.81. The monoisotopic (exact) mass is 265 g/mol. The maximum absolute atomic E-state index is 5.79. The Labute approximate surface area is 117 Å². The number of rotatable bonds is 3. The average molecular weight is 265 g/mol. The molecule has 100 valence electrons. The Morgan fingerprint density at radius 1 is 0.950 bits per heavy atom. The van der Waals surface area contributed by atoms with Crippen LogP contribution in [0.2, 0.25) is 0 Å². The van der Waals surface area contributed by atoms with Crippen molar-refractivity contribution in [2.45, 2.75) is 0 Å². The van der Waals surface area contributed by atoms with Crippen LogP contribution in [-0.2, 0) is 7.05 Å². The van der Waals surface area contributed by atoms with Crippen LogP contribution in [0.4, 0.5) is 5.82 Å². The summed E-state index contributed by atoms with van der Waals surface area (Å²) in [6.07, 6.45) is 0. The fraction of sp³-hybridized carbons (Fsp3) is 0.0625. The molecule has 1 aromatic heterocycles. The van der Waals surface area contributed by atoms with Crippen molar-refractivity contribution in [2.75, 3.05) is 5.73 Å². The molecule has 0 fully saturated rings. The fourth-order valence-electron chi connectivity index (χ4n) is 1.94. The predicted molar refractivity (Wildman–Crippen MR) is 79.6 cm³/mol. The number of aromatic nitrogens is 2. The number of nitrogens with zero attached hydrogens (tertiary/aromatic N) is 2. The molecule has 2 aromatic carbocycles. The van der Waals surface area contributed by atoms with Gasteiger partial charge < -0.3 is 10.5 Å². The van der Waals surface area contributed by atoms with E-state index in [9.17, 15) is 0 Å². The topological polar surface area (TPSA) is 53.1 Å². The van der Waals surface area contributed by atoms with Gasteiger partial charge >= 0.3 is 0 Å².